The van der Waals surface area contributed by atoms with Gasteiger partial charge in [0.05, 0.1) is 0 Å². The number of nitrogens with zero attached hydrogens (tertiary/aromatic N) is 2. The SMILES string of the molecule is Cn1ccnc1COc1ccc(C(=O)NCc2ccc(OC(F)F)cc2)cc1. The van der Waals surface area contributed by atoms with Crippen LogP contribution in [0.15, 0.2) is 60.9 Å². The zero-order valence-electron chi connectivity index (χ0n) is 15.1. The number of halogens is 2. The minimum atomic E-state index is -2.86. The highest BCUT2D eigenvalue weighted by molar-refractivity contribution is 5.94. The molecule has 1 amide bonds. The number of alkyl halides is 2. The Bertz CT molecular complexity index is 909. The molecule has 6 nitrogen and oxygen atoms in total. The number of hydrogen-bond donors (Lipinski definition) is 1. The first-order chi connectivity index (χ1) is 13.5. The summed E-state index contributed by atoms with van der Waals surface area (Å²) < 4.78 is 36.1. The lowest BCUT2D eigenvalue weighted by Crippen LogP contribution is -2.22. The van der Waals surface area contributed by atoms with Crippen molar-refractivity contribution >= 4 is 5.91 Å². The Morgan fingerprint density at radius 2 is 1.79 bits per heavy atom. The molecule has 0 atom stereocenters. The molecule has 3 rings (SSSR count). The molecule has 0 saturated heterocycles. The van der Waals surface area contributed by atoms with Gasteiger partial charge < -0.3 is 19.4 Å². The molecule has 8 heteroatoms. The predicted molar refractivity (Wildman–Crippen MR) is 98.2 cm³/mol. The van der Waals surface area contributed by atoms with Crippen molar-refractivity contribution in [3.05, 3.63) is 77.9 Å². The van der Waals surface area contributed by atoms with Crippen LogP contribution in [0.5, 0.6) is 11.5 Å². The van der Waals surface area contributed by atoms with E-state index in [1.165, 1.54) is 12.1 Å². The summed E-state index contributed by atoms with van der Waals surface area (Å²) in [4.78, 5) is 16.4. The summed E-state index contributed by atoms with van der Waals surface area (Å²) in [7, 11) is 1.89. The van der Waals surface area contributed by atoms with Crippen molar-refractivity contribution in [2.24, 2.45) is 7.05 Å². The van der Waals surface area contributed by atoms with Crippen molar-refractivity contribution in [3.8, 4) is 11.5 Å². The molecule has 146 valence electrons. The largest absolute Gasteiger partial charge is 0.486 e. The van der Waals surface area contributed by atoms with E-state index in [0.29, 0.717) is 17.9 Å². The number of amides is 1. The zero-order chi connectivity index (χ0) is 19.9. The molecule has 0 aliphatic rings. The average molecular weight is 387 g/mol. The highest BCUT2D eigenvalue weighted by atomic mass is 19.3. The van der Waals surface area contributed by atoms with Crippen molar-refractivity contribution in [2.45, 2.75) is 19.8 Å². The lowest BCUT2D eigenvalue weighted by Gasteiger charge is -2.09. The first kappa shape index (κ1) is 19.3. The van der Waals surface area contributed by atoms with E-state index in [9.17, 15) is 13.6 Å². The van der Waals surface area contributed by atoms with Gasteiger partial charge in [-0.15, -0.1) is 0 Å². The van der Waals surface area contributed by atoms with Gasteiger partial charge in [0, 0.05) is 31.5 Å². The van der Waals surface area contributed by atoms with Gasteiger partial charge in [-0.1, -0.05) is 12.1 Å². The molecule has 0 radical (unpaired) electrons. The molecule has 3 aromatic rings. The molecule has 0 aliphatic heterocycles. The Kier molecular flexibility index (Phi) is 6.21. The first-order valence-electron chi connectivity index (χ1n) is 8.52. The summed E-state index contributed by atoms with van der Waals surface area (Å²) in [6.45, 7) is -2.26. The van der Waals surface area contributed by atoms with Crippen molar-refractivity contribution in [2.75, 3.05) is 0 Å². The van der Waals surface area contributed by atoms with Gasteiger partial charge >= 0.3 is 6.61 Å². The van der Waals surface area contributed by atoms with Crippen molar-refractivity contribution in [1.82, 2.24) is 14.9 Å². The lowest BCUT2D eigenvalue weighted by atomic mass is 10.2. The molecule has 0 unspecified atom stereocenters. The van der Waals surface area contributed by atoms with Crippen molar-refractivity contribution < 1.29 is 23.0 Å². The lowest BCUT2D eigenvalue weighted by molar-refractivity contribution is -0.0498. The third kappa shape index (κ3) is 5.29. The molecule has 0 bridgehead atoms. The highest BCUT2D eigenvalue weighted by Crippen LogP contribution is 2.16. The molecule has 0 fully saturated rings. The topological polar surface area (TPSA) is 65.4 Å². The van der Waals surface area contributed by atoms with Gasteiger partial charge in [-0.2, -0.15) is 8.78 Å². The van der Waals surface area contributed by atoms with E-state index < -0.39 is 6.61 Å². The van der Waals surface area contributed by atoms with Gasteiger partial charge in [0.1, 0.15) is 23.9 Å². The Morgan fingerprint density at radius 3 is 2.39 bits per heavy atom. The monoisotopic (exact) mass is 387 g/mol. The molecule has 0 saturated carbocycles. The molecule has 1 heterocycles. The highest BCUT2D eigenvalue weighted by Gasteiger charge is 2.08. The van der Waals surface area contributed by atoms with Crippen LogP contribution >= 0.6 is 0 Å². The number of carbonyl (C=O) groups excluding carboxylic acids is 1. The summed E-state index contributed by atoms with van der Waals surface area (Å²) in [5, 5.41) is 2.77. The van der Waals surface area contributed by atoms with Crippen LogP contribution in [0.3, 0.4) is 0 Å². The summed E-state index contributed by atoms with van der Waals surface area (Å²) in [5.41, 5.74) is 1.26. The van der Waals surface area contributed by atoms with Crippen LogP contribution in [-0.4, -0.2) is 22.1 Å². The van der Waals surface area contributed by atoms with Gasteiger partial charge in [0.2, 0.25) is 0 Å². The van der Waals surface area contributed by atoms with Crippen LogP contribution in [0.25, 0.3) is 0 Å². The van der Waals surface area contributed by atoms with Gasteiger partial charge in [-0.3, -0.25) is 4.79 Å². The molecule has 28 heavy (non-hydrogen) atoms. The van der Waals surface area contributed by atoms with Crippen LogP contribution < -0.4 is 14.8 Å². The third-order valence-electron chi connectivity index (χ3n) is 4.01. The number of nitrogens with one attached hydrogen (secondary N) is 1. The number of hydrogen-bond acceptors (Lipinski definition) is 4. The summed E-state index contributed by atoms with van der Waals surface area (Å²) in [6, 6.07) is 12.9. The number of ether oxygens (including phenoxy) is 2. The number of rotatable bonds is 8. The first-order valence-corrected chi connectivity index (χ1v) is 8.52. The van der Waals surface area contributed by atoms with E-state index in [4.69, 9.17) is 4.74 Å². The fourth-order valence-corrected chi connectivity index (χ4v) is 2.46. The second-order valence-electron chi connectivity index (χ2n) is 5.97. The fourth-order valence-electron chi connectivity index (χ4n) is 2.46. The van der Waals surface area contributed by atoms with Gasteiger partial charge in [0.25, 0.3) is 5.91 Å². The third-order valence-corrected chi connectivity index (χ3v) is 4.01. The minimum Gasteiger partial charge on any atom is -0.486 e. The van der Waals surface area contributed by atoms with Crippen LogP contribution in [0.4, 0.5) is 8.78 Å². The van der Waals surface area contributed by atoms with E-state index in [1.54, 1.807) is 42.6 Å². The Labute approximate surface area is 160 Å². The Hall–Kier alpha value is -3.42. The number of carbonyl (C=O) groups is 1. The Balaban J connectivity index is 1.49. The normalized spacial score (nSPS) is 10.7. The second-order valence-corrected chi connectivity index (χ2v) is 5.97. The molecule has 0 aliphatic carbocycles. The molecular formula is C20H19F2N3O3. The quantitative estimate of drug-likeness (QED) is 0.642. The van der Waals surface area contributed by atoms with Crippen LogP contribution in [0.1, 0.15) is 21.7 Å². The Morgan fingerprint density at radius 1 is 1.11 bits per heavy atom. The van der Waals surface area contributed by atoms with E-state index in [2.05, 4.69) is 15.0 Å². The minimum absolute atomic E-state index is 0.0752. The maximum atomic E-state index is 12.2. The smallest absolute Gasteiger partial charge is 0.387 e. The average Bonchev–Trinajstić information content (AvgIpc) is 3.10. The molecule has 1 N–H and O–H groups in total. The van der Waals surface area contributed by atoms with Gasteiger partial charge in [0.15, 0.2) is 0 Å². The number of aromatic nitrogens is 2. The summed E-state index contributed by atoms with van der Waals surface area (Å²) >= 11 is 0. The molecule has 1 aromatic heterocycles. The van der Waals surface area contributed by atoms with Gasteiger partial charge in [-0.05, 0) is 42.0 Å². The van der Waals surface area contributed by atoms with Crippen molar-refractivity contribution in [3.63, 3.8) is 0 Å². The number of benzene rings is 2. The maximum Gasteiger partial charge on any atom is 0.387 e. The summed E-state index contributed by atoms with van der Waals surface area (Å²) in [5.74, 6) is 1.26. The molecule has 2 aromatic carbocycles. The van der Waals surface area contributed by atoms with Crippen LogP contribution in [0, 0.1) is 0 Å². The van der Waals surface area contributed by atoms with Crippen molar-refractivity contribution in [1.29, 1.82) is 0 Å². The van der Waals surface area contributed by atoms with E-state index >= 15 is 0 Å². The fraction of sp³-hybridized carbons (Fsp3) is 0.200. The molecule has 0 spiro atoms. The van der Waals surface area contributed by atoms with E-state index in [-0.39, 0.29) is 18.2 Å². The summed E-state index contributed by atoms with van der Waals surface area (Å²) in [6.07, 6.45) is 3.54. The van der Waals surface area contributed by atoms with E-state index in [0.717, 1.165) is 11.4 Å². The van der Waals surface area contributed by atoms with Gasteiger partial charge in [-0.25, -0.2) is 4.98 Å². The standard InChI is InChI=1S/C20H19F2N3O3/c1-25-11-10-23-18(25)13-27-16-8-4-15(5-9-16)19(26)24-12-14-2-6-17(7-3-14)28-20(21)22/h2-11,20H,12-13H2,1H3,(H,24,26). The second kappa shape index (κ2) is 8.98. The van der Waals surface area contributed by atoms with Crippen LogP contribution in [0.2, 0.25) is 0 Å². The predicted octanol–water partition coefficient (Wildman–Crippen LogP) is 3.53. The number of imidazole rings is 1. The van der Waals surface area contributed by atoms with E-state index in [1.807, 2.05) is 17.8 Å². The maximum absolute atomic E-state index is 12.2. The number of aryl methyl sites for hydroxylation is 1. The molecular weight excluding hydrogens is 368 g/mol. The van der Waals surface area contributed by atoms with Crippen LogP contribution in [-0.2, 0) is 20.2 Å². The zero-order valence-corrected chi connectivity index (χ0v) is 15.1.